The molecule has 2 bridgehead atoms. The Morgan fingerprint density at radius 2 is 2.08 bits per heavy atom. The van der Waals surface area contributed by atoms with E-state index in [2.05, 4.69) is 15.0 Å². The first-order valence-electron chi connectivity index (χ1n) is 8.29. The highest BCUT2D eigenvalue weighted by molar-refractivity contribution is 5.94. The van der Waals surface area contributed by atoms with Gasteiger partial charge in [0.2, 0.25) is 0 Å². The van der Waals surface area contributed by atoms with E-state index in [4.69, 9.17) is 4.74 Å². The van der Waals surface area contributed by atoms with Crippen LogP contribution >= 0.6 is 0 Å². The quantitative estimate of drug-likeness (QED) is 0.667. The fraction of sp³-hybridized carbons (Fsp3) is 0.444. The molecule has 0 saturated carbocycles. The molecule has 24 heavy (non-hydrogen) atoms. The highest BCUT2D eigenvalue weighted by Gasteiger charge is 2.44. The number of rotatable bonds is 3. The van der Waals surface area contributed by atoms with Crippen molar-refractivity contribution in [2.45, 2.75) is 25.0 Å². The second-order valence-electron chi connectivity index (χ2n) is 6.51. The van der Waals surface area contributed by atoms with Crippen molar-refractivity contribution in [3.63, 3.8) is 0 Å². The van der Waals surface area contributed by atoms with Gasteiger partial charge in [0, 0.05) is 17.5 Å². The average molecular weight is 327 g/mol. The molecule has 3 aliphatic heterocycles. The summed E-state index contributed by atoms with van der Waals surface area (Å²) in [4.78, 5) is 6.59. The lowest BCUT2D eigenvalue weighted by Crippen LogP contribution is -2.57. The maximum absolute atomic E-state index is 11.1. The Bertz CT molecular complexity index is 784. The lowest BCUT2D eigenvalue weighted by Gasteiger charge is -2.47. The van der Waals surface area contributed by atoms with Crippen LogP contribution in [-0.4, -0.2) is 52.2 Å². The van der Waals surface area contributed by atoms with E-state index < -0.39 is 6.10 Å². The summed E-state index contributed by atoms with van der Waals surface area (Å²) >= 11 is 0. The highest BCUT2D eigenvalue weighted by atomic mass is 16.5. The zero-order valence-corrected chi connectivity index (χ0v) is 13.6. The van der Waals surface area contributed by atoms with E-state index in [9.17, 15) is 10.3 Å². The number of fused-ring (bicyclic) bond motifs is 4. The molecule has 4 heterocycles. The zero-order valence-electron chi connectivity index (χ0n) is 13.6. The van der Waals surface area contributed by atoms with Crippen LogP contribution in [0.2, 0.25) is 0 Å². The van der Waals surface area contributed by atoms with Gasteiger partial charge in [-0.1, -0.05) is 5.16 Å². The maximum Gasteiger partial charge on any atom is 0.119 e. The molecular weight excluding hydrogens is 306 g/mol. The summed E-state index contributed by atoms with van der Waals surface area (Å²) in [6.45, 7) is 1.86. The Morgan fingerprint density at radius 3 is 2.79 bits per heavy atom. The van der Waals surface area contributed by atoms with E-state index in [-0.39, 0.29) is 12.0 Å². The fourth-order valence-corrected chi connectivity index (χ4v) is 4.11. The lowest BCUT2D eigenvalue weighted by molar-refractivity contribution is 0.0416. The van der Waals surface area contributed by atoms with Crippen LogP contribution in [0.5, 0.6) is 5.75 Å². The van der Waals surface area contributed by atoms with Gasteiger partial charge in [-0.2, -0.15) is 0 Å². The van der Waals surface area contributed by atoms with E-state index in [0.29, 0.717) is 5.71 Å². The fourth-order valence-electron chi connectivity index (χ4n) is 4.11. The molecule has 0 spiro atoms. The van der Waals surface area contributed by atoms with Crippen molar-refractivity contribution in [1.29, 1.82) is 0 Å². The van der Waals surface area contributed by atoms with Gasteiger partial charge in [0.05, 0.1) is 24.4 Å². The smallest absolute Gasteiger partial charge is 0.119 e. The third kappa shape index (κ3) is 2.34. The lowest BCUT2D eigenvalue weighted by atomic mass is 9.78. The Kier molecular flexibility index (Phi) is 3.86. The number of aliphatic hydroxyl groups is 1. The molecule has 3 aliphatic rings. The molecule has 2 atom stereocenters. The summed E-state index contributed by atoms with van der Waals surface area (Å²) in [6.07, 6.45) is 2.93. The largest absolute Gasteiger partial charge is 0.497 e. The van der Waals surface area contributed by atoms with Crippen LogP contribution in [-0.2, 0) is 0 Å². The Labute approximate surface area is 140 Å². The first kappa shape index (κ1) is 15.4. The van der Waals surface area contributed by atoms with E-state index in [1.165, 1.54) is 0 Å². The molecule has 3 fully saturated rings. The van der Waals surface area contributed by atoms with Crippen molar-refractivity contribution >= 4 is 16.6 Å². The summed E-state index contributed by atoms with van der Waals surface area (Å²) in [5, 5.41) is 25.0. The van der Waals surface area contributed by atoms with Crippen LogP contribution in [0.15, 0.2) is 35.6 Å². The molecule has 1 aromatic carbocycles. The molecule has 1 aromatic heterocycles. The molecule has 3 saturated heterocycles. The van der Waals surface area contributed by atoms with Gasteiger partial charge in [-0.25, -0.2) is 0 Å². The number of hydrogen-bond donors (Lipinski definition) is 2. The molecule has 0 radical (unpaired) electrons. The van der Waals surface area contributed by atoms with Gasteiger partial charge >= 0.3 is 0 Å². The predicted octanol–water partition coefficient (Wildman–Crippen LogP) is 2.20. The van der Waals surface area contributed by atoms with Crippen LogP contribution in [0.3, 0.4) is 0 Å². The van der Waals surface area contributed by atoms with E-state index in [1.54, 1.807) is 13.3 Å². The second-order valence-corrected chi connectivity index (χ2v) is 6.51. The van der Waals surface area contributed by atoms with Crippen molar-refractivity contribution in [3.05, 3.63) is 36.0 Å². The van der Waals surface area contributed by atoms with Gasteiger partial charge in [-0.15, -0.1) is 0 Å². The van der Waals surface area contributed by atoms with Crippen LogP contribution in [0, 0.1) is 5.92 Å². The SMILES string of the molecule is COc1ccc2nccc(C(O)C3/C(=N\O)C4CCN3CC4)c2c1. The highest BCUT2D eigenvalue weighted by Crippen LogP contribution is 2.38. The monoisotopic (exact) mass is 327 g/mol. The van der Waals surface area contributed by atoms with Crippen molar-refractivity contribution in [3.8, 4) is 5.75 Å². The number of aromatic nitrogens is 1. The summed E-state index contributed by atoms with van der Waals surface area (Å²) < 4.78 is 5.31. The molecule has 2 aromatic rings. The molecule has 126 valence electrons. The number of pyridine rings is 1. The Balaban J connectivity index is 1.79. The molecule has 2 unspecified atom stereocenters. The number of nitrogens with zero attached hydrogens (tertiary/aromatic N) is 3. The van der Waals surface area contributed by atoms with E-state index in [1.807, 2.05) is 24.3 Å². The van der Waals surface area contributed by atoms with E-state index >= 15 is 0 Å². The Morgan fingerprint density at radius 1 is 1.29 bits per heavy atom. The van der Waals surface area contributed by atoms with Gasteiger partial charge in [0.15, 0.2) is 0 Å². The molecule has 0 amide bonds. The van der Waals surface area contributed by atoms with Crippen molar-refractivity contribution < 1.29 is 15.1 Å². The molecule has 6 nitrogen and oxygen atoms in total. The van der Waals surface area contributed by atoms with Crippen LogP contribution in [0.4, 0.5) is 0 Å². The normalized spacial score (nSPS) is 29.1. The topological polar surface area (TPSA) is 78.2 Å². The predicted molar refractivity (Wildman–Crippen MR) is 90.6 cm³/mol. The van der Waals surface area contributed by atoms with Crippen LogP contribution < -0.4 is 4.74 Å². The van der Waals surface area contributed by atoms with Crippen molar-refractivity contribution in [1.82, 2.24) is 9.88 Å². The van der Waals surface area contributed by atoms with Gasteiger partial charge in [0.25, 0.3) is 0 Å². The molecule has 5 rings (SSSR count). The standard InChI is InChI=1S/C18H21N3O3/c1-24-12-2-3-15-14(10-12)13(4-7-19-15)18(22)17-16(20-23)11-5-8-21(17)9-6-11/h2-4,7,10-11,17-18,22-23H,5-6,8-9H2,1H3/b20-16-. The van der Waals surface area contributed by atoms with Gasteiger partial charge in [-0.3, -0.25) is 9.88 Å². The number of hydrogen-bond acceptors (Lipinski definition) is 6. The number of aliphatic hydroxyl groups excluding tert-OH is 1. The first-order chi connectivity index (χ1) is 11.7. The molecular formula is C18H21N3O3. The summed E-state index contributed by atoms with van der Waals surface area (Å²) in [7, 11) is 1.62. The Hall–Kier alpha value is -2.18. The summed E-state index contributed by atoms with van der Waals surface area (Å²) in [5.74, 6) is 0.993. The van der Waals surface area contributed by atoms with E-state index in [0.717, 1.165) is 48.1 Å². The van der Waals surface area contributed by atoms with Gasteiger partial charge in [-0.05, 0) is 55.8 Å². The van der Waals surface area contributed by atoms with Crippen molar-refractivity contribution in [2.24, 2.45) is 11.1 Å². The van der Waals surface area contributed by atoms with Gasteiger partial charge < -0.3 is 15.1 Å². The second kappa shape index (κ2) is 6.03. The van der Waals surface area contributed by atoms with Gasteiger partial charge in [0.1, 0.15) is 11.9 Å². The minimum absolute atomic E-state index is 0.266. The zero-order chi connectivity index (χ0) is 16.7. The number of methoxy groups -OCH3 is 1. The molecule has 6 heteroatoms. The average Bonchev–Trinajstić information content (AvgIpc) is 2.66. The summed E-state index contributed by atoms with van der Waals surface area (Å²) in [6, 6.07) is 7.20. The van der Waals surface area contributed by atoms with Crippen LogP contribution in [0.1, 0.15) is 24.5 Å². The third-order valence-corrected chi connectivity index (χ3v) is 5.36. The summed E-state index contributed by atoms with van der Waals surface area (Å²) in [5.41, 5.74) is 2.30. The minimum Gasteiger partial charge on any atom is -0.497 e. The minimum atomic E-state index is -0.767. The first-order valence-corrected chi connectivity index (χ1v) is 8.29. The number of piperidine rings is 3. The van der Waals surface area contributed by atoms with Crippen molar-refractivity contribution in [2.75, 3.05) is 20.2 Å². The number of ether oxygens (including phenoxy) is 1. The number of oxime groups is 1. The maximum atomic E-state index is 11.1. The molecule has 0 aliphatic carbocycles. The third-order valence-electron chi connectivity index (χ3n) is 5.36. The molecule has 2 N–H and O–H groups in total. The van der Waals surface area contributed by atoms with Crippen LogP contribution in [0.25, 0.3) is 10.9 Å². The number of benzene rings is 1.